The van der Waals surface area contributed by atoms with Crippen LogP contribution in [0.1, 0.15) is 38.9 Å². The molecule has 1 atom stereocenters. The van der Waals surface area contributed by atoms with Crippen LogP contribution in [0.15, 0.2) is 6.33 Å². The molecule has 1 N–H and O–H groups in total. The van der Waals surface area contributed by atoms with E-state index in [1.165, 1.54) is 0 Å². The zero-order valence-electron chi connectivity index (χ0n) is 10.1. The van der Waals surface area contributed by atoms with Gasteiger partial charge >= 0.3 is 0 Å². The van der Waals surface area contributed by atoms with Crippen LogP contribution in [0.2, 0.25) is 0 Å². The van der Waals surface area contributed by atoms with Gasteiger partial charge in [0.25, 0.3) is 0 Å². The third kappa shape index (κ3) is 4.94. The second kappa shape index (κ2) is 7.63. The molecule has 1 rings (SSSR count). The fourth-order valence-electron chi connectivity index (χ4n) is 1.53. The molecule has 1 aromatic rings. The summed E-state index contributed by atoms with van der Waals surface area (Å²) in [5.74, 6) is 1.01. The number of rotatable bonds is 8. The summed E-state index contributed by atoms with van der Waals surface area (Å²) in [6, 6.07) is 0. The number of nitrogens with zero attached hydrogens (tertiary/aromatic N) is 3. The van der Waals surface area contributed by atoms with E-state index < -0.39 is 0 Å². The van der Waals surface area contributed by atoms with Gasteiger partial charge in [-0.1, -0.05) is 6.92 Å². The highest BCUT2D eigenvalue weighted by atomic mass is 35.5. The zero-order valence-corrected chi connectivity index (χ0v) is 10.9. The fraction of sp³-hybridized carbons (Fsp3) is 0.818. The first-order valence-corrected chi connectivity index (χ1v) is 6.39. The summed E-state index contributed by atoms with van der Waals surface area (Å²) >= 11 is 5.87. The van der Waals surface area contributed by atoms with E-state index in [0.29, 0.717) is 0 Å². The van der Waals surface area contributed by atoms with Crippen molar-refractivity contribution in [3.8, 4) is 0 Å². The van der Waals surface area contributed by atoms with Gasteiger partial charge in [0.05, 0.1) is 6.54 Å². The van der Waals surface area contributed by atoms with Gasteiger partial charge in [-0.25, -0.2) is 9.67 Å². The average Bonchev–Trinajstić information content (AvgIpc) is 2.65. The molecule has 0 saturated heterocycles. The molecule has 92 valence electrons. The van der Waals surface area contributed by atoms with Gasteiger partial charge in [0.1, 0.15) is 12.2 Å². The van der Waals surface area contributed by atoms with E-state index >= 15 is 0 Å². The van der Waals surface area contributed by atoms with Crippen LogP contribution in [0, 0.1) is 0 Å². The van der Waals surface area contributed by atoms with Gasteiger partial charge in [-0.15, -0.1) is 11.6 Å². The van der Waals surface area contributed by atoms with Gasteiger partial charge in [-0.05, 0) is 32.7 Å². The van der Waals surface area contributed by atoms with Crippen molar-refractivity contribution >= 4 is 11.6 Å². The molecule has 1 heterocycles. The van der Waals surface area contributed by atoms with E-state index in [0.717, 1.165) is 44.7 Å². The van der Waals surface area contributed by atoms with Gasteiger partial charge in [-0.2, -0.15) is 5.10 Å². The van der Waals surface area contributed by atoms with Crippen LogP contribution in [-0.2, 0) is 13.1 Å². The first-order valence-electron chi connectivity index (χ1n) is 5.95. The normalized spacial score (nSPS) is 12.9. The van der Waals surface area contributed by atoms with Gasteiger partial charge in [0.15, 0.2) is 0 Å². The Balaban J connectivity index is 2.18. The average molecular weight is 245 g/mol. The maximum Gasteiger partial charge on any atom is 0.140 e. The molecule has 16 heavy (non-hydrogen) atoms. The topological polar surface area (TPSA) is 42.7 Å². The number of aromatic nitrogens is 3. The van der Waals surface area contributed by atoms with Crippen LogP contribution < -0.4 is 5.32 Å². The van der Waals surface area contributed by atoms with Crippen molar-refractivity contribution in [2.24, 2.45) is 0 Å². The maximum absolute atomic E-state index is 5.87. The largest absolute Gasteiger partial charge is 0.310 e. The standard InChI is InChI=1S/C11H21ClN4/c1-3-7-16-11(14-9-15-16)8-13-6-4-5-10(2)12/h9-10,13H,3-8H2,1-2H3. The Kier molecular flexibility index (Phi) is 6.42. The van der Waals surface area contributed by atoms with Crippen molar-refractivity contribution in [3.05, 3.63) is 12.2 Å². The van der Waals surface area contributed by atoms with Crippen molar-refractivity contribution in [3.63, 3.8) is 0 Å². The molecule has 5 heteroatoms. The Hall–Kier alpha value is -0.610. The summed E-state index contributed by atoms with van der Waals surface area (Å²) in [7, 11) is 0. The van der Waals surface area contributed by atoms with Crippen LogP contribution in [0.3, 0.4) is 0 Å². The summed E-state index contributed by atoms with van der Waals surface area (Å²) in [5.41, 5.74) is 0. The first kappa shape index (κ1) is 13.5. The lowest BCUT2D eigenvalue weighted by Crippen LogP contribution is -2.19. The molecule has 1 aromatic heterocycles. The number of alkyl halides is 1. The summed E-state index contributed by atoms with van der Waals surface area (Å²) in [5, 5.41) is 7.81. The van der Waals surface area contributed by atoms with Crippen LogP contribution in [0.5, 0.6) is 0 Å². The van der Waals surface area contributed by atoms with E-state index in [-0.39, 0.29) is 5.38 Å². The number of halogens is 1. The predicted molar refractivity (Wildman–Crippen MR) is 66.6 cm³/mol. The molecule has 0 fully saturated rings. The molecule has 1 unspecified atom stereocenters. The number of hydrogen-bond acceptors (Lipinski definition) is 3. The predicted octanol–water partition coefficient (Wildman–Crippen LogP) is 2.19. The van der Waals surface area contributed by atoms with E-state index in [9.17, 15) is 0 Å². The second-order valence-corrected chi connectivity index (χ2v) is 4.74. The minimum atomic E-state index is 0.269. The molecule has 4 nitrogen and oxygen atoms in total. The molecule has 0 aromatic carbocycles. The lowest BCUT2D eigenvalue weighted by molar-refractivity contribution is 0.534. The van der Waals surface area contributed by atoms with Crippen LogP contribution in [-0.4, -0.2) is 26.7 Å². The van der Waals surface area contributed by atoms with Crippen LogP contribution >= 0.6 is 11.6 Å². The highest BCUT2D eigenvalue weighted by Gasteiger charge is 2.02. The highest BCUT2D eigenvalue weighted by molar-refractivity contribution is 6.20. The number of hydrogen-bond donors (Lipinski definition) is 1. The Morgan fingerprint density at radius 3 is 3.06 bits per heavy atom. The van der Waals surface area contributed by atoms with Gasteiger partial charge in [-0.3, -0.25) is 0 Å². The minimum Gasteiger partial charge on any atom is -0.310 e. The van der Waals surface area contributed by atoms with Crippen LogP contribution in [0.25, 0.3) is 0 Å². The summed E-state index contributed by atoms with van der Waals surface area (Å²) in [6.45, 7) is 6.88. The van der Waals surface area contributed by atoms with Crippen LogP contribution in [0.4, 0.5) is 0 Å². The van der Waals surface area contributed by atoms with Gasteiger partial charge in [0, 0.05) is 11.9 Å². The van der Waals surface area contributed by atoms with Gasteiger partial charge in [0.2, 0.25) is 0 Å². The SMILES string of the molecule is CCCn1ncnc1CNCCCC(C)Cl. The van der Waals surface area contributed by atoms with Crippen molar-refractivity contribution in [1.29, 1.82) is 0 Å². The molecule has 0 amide bonds. The smallest absolute Gasteiger partial charge is 0.140 e. The maximum atomic E-state index is 5.87. The Bertz CT molecular complexity index is 285. The Labute approximate surface area is 102 Å². The summed E-state index contributed by atoms with van der Waals surface area (Å²) < 4.78 is 1.96. The molecule has 0 aliphatic heterocycles. The molecule has 0 saturated carbocycles. The molecular weight excluding hydrogens is 224 g/mol. The summed E-state index contributed by atoms with van der Waals surface area (Å²) in [6.07, 6.45) is 4.86. The molecule has 0 aliphatic carbocycles. The molecule has 0 spiro atoms. The van der Waals surface area contributed by atoms with E-state index in [1.807, 2.05) is 11.6 Å². The lowest BCUT2D eigenvalue weighted by atomic mass is 10.2. The monoisotopic (exact) mass is 244 g/mol. The van der Waals surface area contributed by atoms with Crippen molar-refractivity contribution in [1.82, 2.24) is 20.1 Å². The third-order valence-corrected chi connectivity index (χ3v) is 2.59. The van der Waals surface area contributed by atoms with Gasteiger partial charge < -0.3 is 5.32 Å². The Morgan fingerprint density at radius 1 is 1.56 bits per heavy atom. The molecule has 0 bridgehead atoms. The van der Waals surface area contributed by atoms with Crippen molar-refractivity contribution < 1.29 is 0 Å². The minimum absolute atomic E-state index is 0.269. The fourth-order valence-corrected chi connectivity index (χ4v) is 1.69. The van der Waals surface area contributed by atoms with Crippen molar-refractivity contribution in [2.45, 2.75) is 51.6 Å². The third-order valence-electron chi connectivity index (χ3n) is 2.37. The van der Waals surface area contributed by atoms with E-state index in [4.69, 9.17) is 11.6 Å². The molecule has 0 radical (unpaired) electrons. The first-order chi connectivity index (χ1) is 7.74. The Morgan fingerprint density at radius 2 is 2.38 bits per heavy atom. The highest BCUT2D eigenvalue weighted by Crippen LogP contribution is 2.02. The quantitative estimate of drug-likeness (QED) is 0.563. The van der Waals surface area contributed by atoms with E-state index in [2.05, 4.69) is 22.3 Å². The molecular formula is C11H21ClN4. The lowest BCUT2D eigenvalue weighted by Gasteiger charge is -2.06. The zero-order chi connectivity index (χ0) is 11.8. The summed E-state index contributed by atoms with van der Waals surface area (Å²) in [4.78, 5) is 4.23. The second-order valence-electron chi connectivity index (χ2n) is 4.00. The number of aryl methyl sites for hydroxylation is 1. The van der Waals surface area contributed by atoms with Crippen molar-refractivity contribution in [2.75, 3.05) is 6.54 Å². The van der Waals surface area contributed by atoms with E-state index in [1.54, 1.807) is 6.33 Å². The number of nitrogens with one attached hydrogen (secondary N) is 1. The molecule has 0 aliphatic rings.